The third kappa shape index (κ3) is 4.93. The zero-order valence-corrected chi connectivity index (χ0v) is 13.0. The monoisotopic (exact) mass is 295 g/mol. The van der Waals surface area contributed by atoms with Gasteiger partial charge in [0.1, 0.15) is 11.5 Å². The molecule has 0 spiro atoms. The molecular formula is C16H25NO4. The number of rotatable bonds is 9. The fraction of sp³-hybridized carbons (Fsp3) is 0.562. The summed E-state index contributed by atoms with van der Waals surface area (Å²) in [5.74, 6) is 0.577. The molecule has 0 aromatic heterocycles. The second-order valence-electron chi connectivity index (χ2n) is 5.29. The molecule has 0 heterocycles. The summed E-state index contributed by atoms with van der Waals surface area (Å²) in [6.07, 6.45) is 2.23. The van der Waals surface area contributed by atoms with Gasteiger partial charge in [-0.05, 0) is 37.3 Å². The molecule has 0 saturated heterocycles. The number of ether oxygens (including phenoxy) is 2. The number of hydrogen-bond acceptors (Lipinski definition) is 4. The molecule has 2 unspecified atom stereocenters. The minimum Gasteiger partial charge on any atom is -0.496 e. The van der Waals surface area contributed by atoms with Gasteiger partial charge in [-0.2, -0.15) is 0 Å². The highest BCUT2D eigenvalue weighted by atomic mass is 16.5. The molecule has 0 bridgehead atoms. The first-order valence-electron chi connectivity index (χ1n) is 7.16. The first-order valence-corrected chi connectivity index (χ1v) is 7.16. The van der Waals surface area contributed by atoms with Gasteiger partial charge in [-0.25, -0.2) is 0 Å². The Bertz CT molecular complexity index is 439. The van der Waals surface area contributed by atoms with Gasteiger partial charge in [0.2, 0.25) is 0 Å². The zero-order chi connectivity index (χ0) is 15.8. The van der Waals surface area contributed by atoms with E-state index in [2.05, 4.69) is 0 Å². The maximum Gasteiger partial charge on any atom is 0.307 e. The molecule has 0 radical (unpaired) electrons. The maximum atomic E-state index is 11.0. The van der Waals surface area contributed by atoms with E-state index in [-0.39, 0.29) is 12.5 Å². The molecular weight excluding hydrogens is 270 g/mol. The highest BCUT2D eigenvalue weighted by Crippen LogP contribution is 2.31. The molecule has 0 fully saturated rings. The Labute approximate surface area is 126 Å². The lowest BCUT2D eigenvalue weighted by Gasteiger charge is -2.18. The van der Waals surface area contributed by atoms with Crippen LogP contribution < -0.4 is 15.2 Å². The highest BCUT2D eigenvalue weighted by molar-refractivity contribution is 5.70. The predicted octanol–water partition coefficient (Wildman–Crippen LogP) is 2.32. The number of carboxylic acids is 1. The average Bonchev–Trinajstić information content (AvgIpc) is 2.49. The first-order chi connectivity index (χ1) is 10.0. The van der Waals surface area contributed by atoms with Crippen LogP contribution in [0.15, 0.2) is 18.2 Å². The quantitative estimate of drug-likeness (QED) is 0.730. The van der Waals surface area contributed by atoms with Gasteiger partial charge >= 0.3 is 5.97 Å². The smallest absolute Gasteiger partial charge is 0.307 e. The number of benzene rings is 1. The SMILES string of the molecule is COc1cccc(OC)c1CCC(C)CC(CN)C(=O)O. The van der Waals surface area contributed by atoms with Crippen molar-refractivity contribution < 1.29 is 19.4 Å². The van der Waals surface area contributed by atoms with Crippen LogP contribution in [0, 0.1) is 11.8 Å². The van der Waals surface area contributed by atoms with Gasteiger partial charge in [0.05, 0.1) is 20.1 Å². The molecule has 2 atom stereocenters. The van der Waals surface area contributed by atoms with Gasteiger partial charge in [0, 0.05) is 12.1 Å². The Kier molecular flexibility index (Phi) is 7.02. The van der Waals surface area contributed by atoms with Crippen LogP contribution in [0.5, 0.6) is 11.5 Å². The van der Waals surface area contributed by atoms with Crippen molar-refractivity contribution in [2.45, 2.75) is 26.2 Å². The van der Waals surface area contributed by atoms with E-state index in [0.29, 0.717) is 6.42 Å². The third-order valence-corrected chi connectivity index (χ3v) is 3.74. The second-order valence-corrected chi connectivity index (χ2v) is 5.29. The van der Waals surface area contributed by atoms with Crippen LogP contribution in [-0.4, -0.2) is 31.8 Å². The van der Waals surface area contributed by atoms with E-state index in [1.165, 1.54) is 0 Å². The first kappa shape index (κ1) is 17.3. The standard InChI is InChI=1S/C16H25NO4/c1-11(9-12(10-17)16(18)19)7-8-13-14(20-2)5-4-6-15(13)21-3/h4-6,11-12H,7-10,17H2,1-3H3,(H,18,19). The molecule has 5 heteroatoms. The average molecular weight is 295 g/mol. The molecule has 3 N–H and O–H groups in total. The summed E-state index contributed by atoms with van der Waals surface area (Å²) >= 11 is 0. The Balaban J connectivity index is 2.68. The van der Waals surface area contributed by atoms with E-state index in [1.54, 1.807) is 14.2 Å². The molecule has 0 amide bonds. The number of carbonyl (C=O) groups is 1. The van der Waals surface area contributed by atoms with Gasteiger partial charge in [-0.3, -0.25) is 4.79 Å². The molecule has 0 aliphatic carbocycles. The molecule has 0 aliphatic heterocycles. The number of methoxy groups -OCH3 is 2. The third-order valence-electron chi connectivity index (χ3n) is 3.74. The fourth-order valence-electron chi connectivity index (χ4n) is 2.47. The van der Waals surface area contributed by atoms with Crippen LogP contribution in [0.1, 0.15) is 25.3 Å². The maximum absolute atomic E-state index is 11.0. The Morgan fingerprint density at radius 2 is 1.86 bits per heavy atom. The number of nitrogens with two attached hydrogens (primary N) is 1. The van der Waals surface area contributed by atoms with Crippen LogP contribution in [-0.2, 0) is 11.2 Å². The summed E-state index contributed by atoms with van der Waals surface area (Å²) in [4.78, 5) is 11.0. The molecule has 5 nitrogen and oxygen atoms in total. The number of carboxylic acid groups (broad SMARTS) is 1. The van der Waals surface area contributed by atoms with E-state index in [1.807, 2.05) is 25.1 Å². The van der Waals surface area contributed by atoms with Gasteiger partial charge in [-0.15, -0.1) is 0 Å². The lowest BCUT2D eigenvalue weighted by Crippen LogP contribution is -2.25. The summed E-state index contributed by atoms with van der Waals surface area (Å²) in [5.41, 5.74) is 6.52. The van der Waals surface area contributed by atoms with Crippen molar-refractivity contribution in [3.63, 3.8) is 0 Å². The van der Waals surface area contributed by atoms with Crippen molar-refractivity contribution >= 4 is 5.97 Å². The Morgan fingerprint density at radius 1 is 1.29 bits per heavy atom. The molecule has 21 heavy (non-hydrogen) atoms. The van der Waals surface area contributed by atoms with Crippen LogP contribution >= 0.6 is 0 Å². The summed E-state index contributed by atoms with van der Waals surface area (Å²) < 4.78 is 10.7. The molecule has 1 rings (SSSR count). The Morgan fingerprint density at radius 3 is 2.29 bits per heavy atom. The molecule has 0 saturated carbocycles. The summed E-state index contributed by atoms with van der Waals surface area (Å²) in [6, 6.07) is 5.70. The van der Waals surface area contributed by atoms with E-state index in [9.17, 15) is 4.79 Å². The van der Waals surface area contributed by atoms with Gasteiger partial charge in [0.15, 0.2) is 0 Å². The van der Waals surface area contributed by atoms with Gasteiger partial charge in [-0.1, -0.05) is 13.0 Å². The van der Waals surface area contributed by atoms with Crippen molar-refractivity contribution in [1.29, 1.82) is 0 Å². The molecule has 118 valence electrons. The fourth-order valence-corrected chi connectivity index (χ4v) is 2.47. The minimum absolute atomic E-state index is 0.178. The molecule has 0 aliphatic rings. The van der Waals surface area contributed by atoms with E-state index in [4.69, 9.17) is 20.3 Å². The summed E-state index contributed by atoms with van der Waals surface area (Å²) in [6.45, 7) is 2.23. The highest BCUT2D eigenvalue weighted by Gasteiger charge is 2.19. The van der Waals surface area contributed by atoms with Crippen LogP contribution in [0.3, 0.4) is 0 Å². The second kappa shape index (κ2) is 8.52. The minimum atomic E-state index is -0.820. The lowest BCUT2D eigenvalue weighted by atomic mass is 9.90. The molecule has 1 aromatic rings. The van der Waals surface area contributed by atoms with E-state index >= 15 is 0 Å². The van der Waals surface area contributed by atoms with Crippen molar-refractivity contribution in [3.05, 3.63) is 23.8 Å². The van der Waals surface area contributed by atoms with Crippen molar-refractivity contribution in [3.8, 4) is 11.5 Å². The predicted molar refractivity (Wildman–Crippen MR) is 81.8 cm³/mol. The van der Waals surface area contributed by atoms with Crippen LogP contribution in [0.4, 0.5) is 0 Å². The number of hydrogen-bond donors (Lipinski definition) is 2. The number of aliphatic carboxylic acids is 1. The van der Waals surface area contributed by atoms with Crippen molar-refractivity contribution in [2.24, 2.45) is 17.6 Å². The van der Waals surface area contributed by atoms with Crippen LogP contribution in [0.25, 0.3) is 0 Å². The normalized spacial score (nSPS) is 13.5. The Hall–Kier alpha value is -1.75. The summed E-state index contributed by atoms with van der Waals surface area (Å²) in [7, 11) is 3.27. The van der Waals surface area contributed by atoms with Crippen molar-refractivity contribution in [2.75, 3.05) is 20.8 Å². The van der Waals surface area contributed by atoms with Gasteiger partial charge < -0.3 is 20.3 Å². The van der Waals surface area contributed by atoms with Crippen LogP contribution in [0.2, 0.25) is 0 Å². The zero-order valence-electron chi connectivity index (χ0n) is 13.0. The van der Waals surface area contributed by atoms with E-state index in [0.717, 1.165) is 29.9 Å². The largest absolute Gasteiger partial charge is 0.496 e. The summed E-state index contributed by atoms with van der Waals surface area (Å²) in [5, 5.41) is 9.05. The van der Waals surface area contributed by atoms with Crippen molar-refractivity contribution in [1.82, 2.24) is 0 Å². The molecule has 1 aromatic carbocycles. The lowest BCUT2D eigenvalue weighted by molar-refractivity contribution is -0.141. The van der Waals surface area contributed by atoms with Gasteiger partial charge in [0.25, 0.3) is 0 Å². The van der Waals surface area contributed by atoms with E-state index < -0.39 is 11.9 Å². The topological polar surface area (TPSA) is 81.8 Å².